The standard InChI is InChI=1S/C19H15F2NO2S/c1-11(2)25-17-16(12-6-4-3-5-7-12)18(23)22(19(17)24)13-8-9-14(20)15(21)10-13/h3-11H,1-2H3. The van der Waals surface area contributed by atoms with Crippen molar-refractivity contribution in [3.63, 3.8) is 0 Å². The Morgan fingerprint density at radius 1 is 0.920 bits per heavy atom. The van der Waals surface area contributed by atoms with Crippen LogP contribution in [0.25, 0.3) is 5.57 Å². The van der Waals surface area contributed by atoms with Crippen molar-refractivity contribution < 1.29 is 18.4 Å². The Kier molecular flexibility index (Phi) is 4.72. The summed E-state index contributed by atoms with van der Waals surface area (Å²) in [5.74, 6) is -3.20. The number of nitrogens with zero attached hydrogens (tertiary/aromatic N) is 1. The van der Waals surface area contributed by atoms with Gasteiger partial charge in [0.1, 0.15) is 0 Å². The smallest absolute Gasteiger partial charge is 0.268 e. The maximum atomic E-state index is 13.6. The van der Waals surface area contributed by atoms with E-state index in [9.17, 15) is 18.4 Å². The summed E-state index contributed by atoms with van der Waals surface area (Å²) in [6.45, 7) is 3.83. The molecule has 0 aromatic heterocycles. The van der Waals surface area contributed by atoms with Gasteiger partial charge in [0, 0.05) is 11.3 Å². The largest absolute Gasteiger partial charge is 0.272 e. The third-order valence-electron chi connectivity index (χ3n) is 3.62. The van der Waals surface area contributed by atoms with Crippen LogP contribution >= 0.6 is 11.8 Å². The Morgan fingerprint density at radius 2 is 1.60 bits per heavy atom. The van der Waals surface area contributed by atoms with Crippen LogP contribution in [0, 0.1) is 11.6 Å². The van der Waals surface area contributed by atoms with E-state index in [0.29, 0.717) is 10.5 Å². The zero-order chi connectivity index (χ0) is 18.1. The van der Waals surface area contributed by atoms with E-state index < -0.39 is 23.4 Å². The SMILES string of the molecule is CC(C)SC1=C(c2ccccc2)C(=O)N(c2ccc(F)c(F)c2)C1=O. The van der Waals surface area contributed by atoms with Gasteiger partial charge in [0.05, 0.1) is 16.2 Å². The normalized spacial score (nSPS) is 14.8. The number of hydrogen-bond acceptors (Lipinski definition) is 3. The van der Waals surface area contributed by atoms with Crippen LogP contribution in [0.5, 0.6) is 0 Å². The van der Waals surface area contributed by atoms with Gasteiger partial charge in [0.15, 0.2) is 11.6 Å². The monoisotopic (exact) mass is 359 g/mol. The lowest BCUT2D eigenvalue weighted by Gasteiger charge is -2.15. The predicted octanol–water partition coefficient (Wildman–Crippen LogP) is 4.39. The minimum Gasteiger partial charge on any atom is -0.268 e. The van der Waals surface area contributed by atoms with E-state index >= 15 is 0 Å². The molecule has 3 rings (SSSR count). The zero-order valence-corrected chi connectivity index (χ0v) is 14.4. The second-order valence-corrected chi connectivity index (χ2v) is 7.37. The summed E-state index contributed by atoms with van der Waals surface area (Å²) in [7, 11) is 0. The molecule has 6 heteroatoms. The molecule has 0 saturated heterocycles. The van der Waals surface area contributed by atoms with Gasteiger partial charge in [-0.1, -0.05) is 44.2 Å². The van der Waals surface area contributed by atoms with Crippen molar-refractivity contribution in [2.75, 3.05) is 4.90 Å². The minimum atomic E-state index is -1.11. The Morgan fingerprint density at radius 3 is 2.20 bits per heavy atom. The Bertz CT molecular complexity index is 878. The molecule has 2 aromatic rings. The third-order valence-corrected chi connectivity index (χ3v) is 4.70. The zero-order valence-electron chi connectivity index (χ0n) is 13.6. The van der Waals surface area contributed by atoms with E-state index in [1.54, 1.807) is 24.3 Å². The van der Waals surface area contributed by atoms with E-state index in [0.717, 1.165) is 17.0 Å². The first-order chi connectivity index (χ1) is 11.9. The van der Waals surface area contributed by atoms with E-state index in [1.807, 2.05) is 19.9 Å². The molecule has 0 aliphatic carbocycles. The van der Waals surface area contributed by atoms with Crippen LogP contribution in [0.15, 0.2) is 53.4 Å². The number of carbonyl (C=O) groups is 2. The average Bonchev–Trinajstić information content (AvgIpc) is 2.81. The van der Waals surface area contributed by atoms with E-state index in [4.69, 9.17) is 0 Å². The molecule has 2 amide bonds. The van der Waals surface area contributed by atoms with Crippen molar-refractivity contribution in [2.24, 2.45) is 0 Å². The van der Waals surface area contributed by atoms with Gasteiger partial charge in [-0.05, 0) is 17.7 Å². The molecule has 1 aliphatic heterocycles. The summed E-state index contributed by atoms with van der Waals surface area (Å²) in [5, 5.41) is 0.0790. The summed E-state index contributed by atoms with van der Waals surface area (Å²) in [6.07, 6.45) is 0. The van der Waals surface area contributed by atoms with Gasteiger partial charge in [-0.15, -0.1) is 11.8 Å². The highest BCUT2D eigenvalue weighted by atomic mass is 32.2. The predicted molar refractivity (Wildman–Crippen MR) is 94.9 cm³/mol. The van der Waals surface area contributed by atoms with Crippen LogP contribution in [0.4, 0.5) is 14.5 Å². The number of amides is 2. The van der Waals surface area contributed by atoms with Crippen LogP contribution in [-0.2, 0) is 9.59 Å². The quantitative estimate of drug-likeness (QED) is 0.760. The molecular weight excluding hydrogens is 344 g/mol. The van der Waals surface area contributed by atoms with Gasteiger partial charge >= 0.3 is 0 Å². The van der Waals surface area contributed by atoms with Gasteiger partial charge in [-0.3, -0.25) is 9.59 Å². The van der Waals surface area contributed by atoms with Crippen molar-refractivity contribution in [3.05, 3.63) is 70.6 Å². The Hall–Kier alpha value is -2.47. The molecule has 0 N–H and O–H groups in total. The first-order valence-corrected chi connectivity index (χ1v) is 8.58. The number of benzene rings is 2. The van der Waals surface area contributed by atoms with Gasteiger partial charge in [0.25, 0.3) is 11.8 Å². The molecule has 0 atom stereocenters. The molecule has 2 aromatic carbocycles. The highest BCUT2D eigenvalue weighted by molar-refractivity contribution is 8.04. The summed E-state index contributed by atoms with van der Waals surface area (Å²) in [4.78, 5) is 27.0. The molecule has 0 spiro atoms. The number of hydrogen-bond donors (Lipinski definition) is 0. The van der Waals surface area contributed by atoms with Gasteiger partial charge in [-0.25, -0.2) is 13.7 Å². The number of anilines is 1. The molecule has 3 nitrogen and oxygen atoms in total. The van der Waals surface area contributed by atoms with Crippen LogP contribution < -0.4 is 4.90 Å². The van der Waals surface area contributed by atoms with E-state index in [-0.39, 0.29) is 16.5 Å². The lowest BCUT2D eigenvalue weighted by molar-refractivity contribution is -0.119. The van der Waals surface area contributed by atoms with Gasteiger partial charge < -0.3 is 0 Å². The highest BCUT2D eigenvalue weighted by Gasteiger charge is 2.40. The average molecular weight is 359 g/mol. The first kappa shape index (κ1) is 17.4. The Labute approximate surface area is 148 Å². The van der Waals surface area contributed by atoms with E-state index in [1.165, 1.54) is 17.8 Å². The number of carbonyl (C=O) groups excluding carboxylic acids is 2. The molecule has 0 unspecified atom stereocenters. The molecule has 0 radical (unpaired) electrons. The number of thioether (sulfide) groups is 1. The van der Waals surface area contributed by atoms with E-state index in [2.05, 4.69) is 0 Å². The second-order valence-electron chi connectivity index (χ2n) is 5.78. The van der Waals surface area contributed by atoms with Crippen molar-refractivity contribution in [1.82, 2.24) is 0 Å². The van der Waals surface area contributed by atoms with Crippen molar-refractivity contribution >= 4 is 34.8 Å². The lowest BCUT2D eigenvalue weighted by Crippen LogP contribution is -2.31. The van der Waals surface area contributed by atoms with Crippen molar-refractivity contribution in [3.8, 4) is 0 Å². The molecular formula is C19H15F2NO2S. The molecule has 128 valence electrons. The fourth-order valence-electron chi connectivity index (χ4n) is 2.57. The van der Waals surface area contributed by atoms with Crippen molar-refractivity contribution in [2.45, 2.75) is 19.1 Å². The van der Waals surface area contributed by atoms with Crippen LogP contribution in [0.3, 0.4) is 0 Å². The molecule has 25 heavy (non-hydrogen) atoms. The number of rotatable bonds is 4. The number of imide groups is 1. The van der Waals surface area contributed by atoms with Crippen LogP contribution in [0.2, 0.25) is 0 Å². The summed E-state index contributed by atoms with van der Waals surface area (Å²) in [5.41, 5.74) is 0.921. The fraction of sp³-hybridized carbons (Fsp3) is 0.158. The maximum absolute atomic E-state index is 13.6. The summed E-state index contributed by atoms with van der Waals surface area (Å²) < 4.78 is 26.8. The summed E-state index contributed by atoms with van der Waals surface area (Å²) in [6, 6.07) is 11.8. The summed E-state index contributed by atoms with van der Waals surface area (Å²) >= 11 is 1.28. The van der Waals surface area contributed by atoms with Gasteiger partial charge in [0.2, 0.25) is 0 Å². The lowest BCUT2D eigenvalue weighted by atomic mass is 10.1. The first-order valence-electron chi connectivity index (χ1n) is 7.70. The Balaban J connectivity index is 2.10. The second kappa shape index (κ2) is 6.80. The molecule has 1 heterocycles. The molecule has 0 saturated carbocycles. The highest BCUT2D eigenvalue weighted by Crippen LogP contribution is 2.39. The minimum absolute atomic E-state index is 0.0155. The number of halogens is 2. The topological polar surface area (TPSA) is 37.4 Å². The maximum Gasteiger partial charge on any atom is 0.272 e. The third kappa shape index (κ3) is 3.22. The molecule has 1 aliphatic rings. The fourth-order valence-corrected chi connectivity index (χ4v) is 3.56. The van der Waals surface area contributed by atoms with Crippen molar-refractivity contribution in [1.29, 1.82) is 0 Å². The molecule has 0 bridgehead atoms. The van der Waals surface area contributed by atoms with Crippen LogP contribution in [0.1, 0.15) is 19.4 Å². The van der Waals surface area contributed by atoms with Gasteiger partial charge in [-0.2, -0.15) is 0 Å². The molecule has 0 fully saturated rings. The van der Waals surface area contributed by atoms with Crippen LogP contribution in [-0.4, -0.2) is 17.1 Å².